The van der Waals surface area contributed by atoms with E-state index in [1.807, 2.05) is 42.5 Å². The van der Waals surface area contributed by atoms with Gasteiger partial charge in [-0.25, -0.2) is 0 Å². The van der Waals surface area contributed by atoms with Crippen molar-refractivity contribution in [1.82, 2.24) is 24.8 Å². The first-order valence-electron chi connectivity index (χ1n) is 9.83. The molecule has 32 heavy (non-hydrogen) atoms. The third-order valence-electron chi connectivity index (χ3n) is 5.11. The number of fused-ring (bicyclic) bond motifs is 2. The number of aliphatic hydroxyl groups is 1. The third kappa shape index (κ3) is 3.70. The highest BCUT2D eigenvalue weighted by molar-refractivity contribution is 6.31. The van der Waals surface area contributed by atoms with E-state index in [1.54, 1.807) is 30.0 Å². The molecule has 0 bridgehead atoms. The lowest BCUT2D eigenvalue weighted by Gasteiger charge is -2.09. The number of rotatable bonds is 6. The maximum atomic E-state index is 9.33. The summed E-state index contributed by atoms with van der Waals surface area (Å²) >= 11 is 6.24. The number of halogens is 1. The van der Waals surface area contributed by atoms with E-state index in [1.165, 1.54) is 0 Å². The summed E-state index contributed by atoms with van der Waals surface area (Å²) in [4.78, 5) is 4.38. The topological polar surface area (TPSA) is 94.7 Å². The van der Waals surface area contributed by atoms with Crippen molar-refractivity contribution >= 4 is 28.2 Å². The van der Waals surface area contributed by atoms with Gasteiger partial charge in [-0.1, -0.05) is 23.7 Å². The molecule has 2 aromatic carbocycles. The summed E-state index contributed by atoms with van der Waals surface area (Å²) in [6.45, 7) is 0.0575. The van der Waals surface area contributed by atoms with Gasteiger partial charge in [-0.3, -0.25) is 4.98 Å². The van der Waals surface area contributed by atoms with E-state index in [9.17, 15) is 5.11 Å². The van der Waals surface area contributed by atoms with Crippen LogP contribution < -0.4 is 9.47 Å². The first-order valence-corrected chi connectivity index (χ1v) is 10.2. The fourth-order valence-corrected chi connectivity index (χ4v) is 3.65. The fraction of sp³-hybridized carbons (Fsp3) is 0.130. The molecule has 0 spiro atoms. The molecule has 0 aliphatic heterocycles. The first-order chi connectivity index (χ1) is 15.7. The van der Waals surface area contributed by atoms with Crippen molar-refractivity contribution in [3.63, 3.8) is 0 Å². The van der Waals surface area contributed by atoms with Crippen LogP contribution in [0.25, 0.3) is 27.8 Å². The average Bonchev–Trinajstić information content (AvgIpc) is 3.24. The standard InChI is InChI=1S/C23H18ClN5O3/c1-31-16-4-5-17-20(11-16)25-9-8-21(17)32-13-23-27-26-22-7-6-19(28-29(22)23)14-2-3-15(12-30)18(24)10-14/h2-11,30H,12-13H2,1H3. The molecule has 0 aliphatic carbocycles. The van der Waals surface area contributed by atoms with Crippen molar-refractivity contribution < 1.29 is 14.6 Å². The number of benzene rings is 2. The summed E-state index contributed by atoms with van der Waals surface area (Å²) < 4.78 is 13.0. The Balaban J connectivity index is 1.45. The molecule has 5 aromatic rings. The van der Waals surface area contributed by atoms with Crippen molar-refractivity contribution in [3.8, 4) is 22.8 Å². The Bertz CT molecular complexity index is 1440. The van der Waals surface area contributed by atoms with E-state index in [0.717, 1.165) is 22.2 Å². The number of nitrogens with zero attached hydrogens (tertiary/aromatic N) is 5. The maximum Gasteiger partial charge on any atom is 0.192 e. The second-order valence-corrected chi connectivity index (χ2v) is 7.46. The van der Waals surface area contributed by atoms with Gasteiger partial charge in [0.25, 0.3) is 0 Å². The van der Waals surface area contributed by atoms with Gasteiger partial charge >= 0.3 is 0 Å². The fourth-order valence-electron chi connectivity index (χ4n) is 3.41. The van der Waals surface area contributed by atoms with Crippen LogP contribution >= 0.6 is 11.6 Å². The smallest absolute Gasteiger partial charge is 0.192 e. The molecular formula is C23H18ClN5O3. The van der Waals surface area contributed by atoms with Gasteiger partial charge < -0.3 is 14.6 Å². The molecule has 5 rings (SSSR count). The quantitative estimate of drug-likeness (QED) is 0.419. The molecule has 0 saturated heterocycles. The molecule has 8 nitrogen and oxygen atoms in total. The largest absolute Gasteiger partial charge is 0.497 e. The summed E-state index contributed by atoms with van der Waals surface area (Å²) in [5, 5.41) is 23.8. The number of aromatic nitrogens is 5. The molecule has 0 saturated carbocycles. The molecule has 0 amide bonds. The van der Waals surface area contributed by atoms with Crippen molar-refractivity contribution in [1.29, 1.82) is 0 Å². The van der Waals surface area contributed by atoms with Crippen LogP contribution in [0.15, 0.2) is 60.8 Å². The molecule has 0 atom stereocenters. The molecule has 0 unspecified atom stereocenters. The lowest BCUT2D eigenvalue weighted by atomic mass is 10.1. The zero-order valence-electron chi connectivity index (χ0n) is 17.1. The normalized spacial score (nSPS) is 11.2. The highest BCUT2D eigenvalue weighted by Gasteiger charge is 2.12. The molecule has 1 N–H and O–H groups in total. The number of hydrogen-bond donors (Lipinski definition) is 1. The van der Waals surface area contributed by atoms with Gasteiger partial charge in [0, 0.05) is 28.2 Å². The predicted octanol–water partition coefficient (Wildman–Crippen LogP) is 4.07. The Hall–Kier alpha value is -3.75. The van der Waals surface area contributed by atoms with E-state index in [0.29, 0.717) is 33.5 Å². The second kappa shape index (κ2) is 8.41. The van der Waals surface area contributed by atoms with E-state index in [2.05, 4.69) is 20.3 Å². The minimum atomic E-state index is -0.116. The van der Waals surface area contributed by atoms with E-state index >= 15 is 0 Å². The average molecular weight is 448 g/mol. The third-order valence-corrected chi connectivity index (χ3v) is 5.47. The molecule has 9 heteroatoms. The Labute approximate surface area is 188 Å². The van der Waals surface area contributed by atoms with Crippen LogP contribution in [0.4, 0.5) is 0 Å². The van der Waals surface area contributed by atoms with Gasteiger partial charge in [0.2, 0.25) is 0 Å². The van der Waals surface area contributed by atoms with E-state index < -0.39 is 0 Å². The zero-order valence-corrected chi connectivity index (χ0v) is 17.8. The molecule has 160 valence electrons. The van der Waals surface area contributed by atoms with Crippen LogP contribution in [0.3, 0.4) is 0 Å². The monoisotopic (exact) mass is 447 g/mol. The van der Waals surface area contributed by atoms with Crippen molar-refractivity contribution in [2.75, 3.05) is 7.11 Å². The Morgan fingerprint density at radius 2 is 1.94 bits per heavy atom. The van der Waals surface area contributed by atoms with Crippen LogP contribution in [0.5, 0.6) is 11.5 Å². The molecular weight excluding hydrogens is 430 g/mol. The Morgan fingerprint density at radius 1 is 1.03 bits per heavy atom. The number of hydrogen-bond acceptors (Lipinski definition) is 7. The second-order valence-electron chi connectivity index (χ2n) is 7.05. The van der Waals surface area contributed by atoms with Crippen LogP contribution in [-0.2, 0) is 13.2 Å². The highest BCUT2D eigenvalue weighted by Crippen LogP contribution is 2.28. The summed E-state index contributed by atoms with van der Waals surface area (Å²) in [5.41, 5.74) is 3.57. The molecule has 0 aliphatic rings. The molecule has 3 heterocycles. The minimum absolute atomic E-state index is 0.116. The molecule has 3 aromatic heterocycles. The van der Waals surface area contributed by atoms with Crippen LogP contribution in [-0.4, -0.2) is 37.0 Å². The SMILES string of the molecule is COc1ccc2c(OCc3nnc4ccc(-c5ccc(CO)c(Cl)c5)nn34)ccnc2c1. The zero-order chi connectivity index (χ0) is 22.1. The van der Waals surface area contributed by atoms with Crippen LogP contribution in [0.1, 0.15) is 11.4 Å². The first kappa shape index (κ1) is 20.2. The van der Waals surface area contributed by atoms with E-state index in [-0.39, 0.29) is 13.2 Å². The molecule has 0 fully saturated rings. The van der Waals surface area contributed by atoms with Crippen molar-refractivity contribution in [2.24, 2.45) is 0 Å². The van der Waals surface area contributed by atoms with Crippen LogP contribution in [0, 0.1) is 0 Å². The number of ether oxygens (including phenoxy) is 2. The van der Waals surface area contributed by atoms with Gasteiger partial charge in [-0.15, -0.1) is 10.2 Å². The minimum Gasteiger partial charge on any atom is -0.497 e. The summed E-state index contributed by atoms with van der Waals surface area (Å²) in [5.74, 6) is 1.96. The summed E-state index contributed by atoms with van der Waals surface area (Å²) in [6.07, 6.45) is 1.69. The Kier molecular flexibility index (Phi) is 5.30. The lowest BCUT2D eigenvalue weighted by molar-refractivity contribution is 0.282. The van der Waals surface area contributed by atoms with Gasteiger partial charge in [0.1, 0.15) is 18.1 Å². The number of methoxy groups -OCH3 is 1. The number of aliphatic hydroxyl groups excluding tert-OH is 1. The predicted molar refractivity (Wildman–Crippen MR) is 120 cm³/mol. The van der Waals surface area contributed by atoms with Gasteiger partial charge in [0.05, 0.1) is 24.9 Å². The van der Waals surface area contributed by atoms with Crippen LogP contribution in [0.2, 0.25) is 5.02 Å². The van der Waals surface area contributed by atoms with Gasteiger partial charge in [0.15, 0.2) is 11.5 Å². The summed E-state index contributed by atoms with van der Waals surface area (Å²) in [7, 11) is 1.62. The van der Waals surface area contributed by atoms with E-state index in [4.69, 9.17) is 21.1 Å². The van der Waals surface area contributed by atoms with Gasteiger partial charge in [-0.05, 0) is 42.0 Å². The Morgan fingerprint density at radius 3 is 2.75 bits per heavy atom. The number of pyridine rings is 1. The lowest BCUT2D eigenvalue weighted by Crippen LogP contribution is -2.05. The highest BCUT2D eigenvalue weighted by atomic mass is 35.5. The maximum absolute atomic E-state index is 9.33. The summed E-state index contributed by atoms with van der Waals surface area (Å²) in [6, 6.07) is 16.5. The van der Waals surface area contributed by atoms with Gasteiger partial charge in [-0.2, -0.15) is 9.61 Å². The van der Waals surface area contributed by atoms with Crippen molar-refractivity contribution in [3.05, 3.63) is 77.2 Å². The molecule has 0 radical (unpaired) electrons. The van der Waals surface area contributed by atoms with Crippen molar-refractivity contribution in [2.45, 2.75) is 13.2 Å².